The standard InChI is InChI=1S/C14H21N5O2/c1-10-12-13(17-9-18-14(12)21-19-10)16-5-2-8-20-11-3-6-15-7-4-11/h9,11,15H,2-8H2,1H3,(H,16,17,18). The maximum atomic E-state index is 5.87. The number of ether oxygens (including phenoxy) is 1. The Morgan fingerprint density at radius 1 is 1.38 bits per heavy atom. The molecule has 0 bridgehead atoms. The van der Waals surface area contributed by atoms with Crippen LogP contribution < -0.4 is 10.6 Å². The first-order valence-corrected chi connectivity index (χ1v) is 7.48. The molecule has 21 heavy (non-hydrogen) atoms. The van der Waals surface area contributed by atoms with Gasteiger partial charge in [0.2, 0.25) is 0 Å². The van der Waals surface area contributed by atoms with Crippen molar-refractivity contribution in [2.75, 3.05) is 31.6 Å². The molecule has 0 amide bonds. The lowest BCUT2D eigenvalue weighted by molar-refractivity contribution is 0.0329. The van der Waals surface area contributed by atoms with E-state index in [-0.39, 0.29) is 0 Å². The second-order valence-electron chi connectivity index (χ2n) is 5.27. The van der Waals surface area contributed by atoms with Crippen LogP contribution >= 0.6 is 0 Å². The van der Waals surface area contributed by atoms with Gasteiger partial charge in [-0.15, -0.1) is 0 Å². The first-order chi connectivity index (χ1) is 10.3. The van der Waals surface area contributed by atoms with Crippen molar-refractivity contribution in [3.8, 4) is 0 Å². The number of aryl methyl sites for hydroxylation is 1. The third-order valence-electron chi connectivity index (χ3n) is 3.70. The van der Waals surface area contributed by atoms with E-state index in [9.17, 15) is 0 Å². The Hall–Kier alpha value is -1.73. The molecule has 2 aromatic rings. The van der Waals surface area contributed by atoms with Gasteiger partial charge in [0.1, 0.15) is 17.5 Å². The second-order valence-corrected chi connectivity index (χ2v) is 5.27. The van der Waals surface area contributed by atoms with Crippen LogP contribution in [-0.2, 0) is 4.74 Å². The van der Waals surface area contributed by atoms with Crippen molar-refractivity contribution in [1.29, 1.82) is 0 Å². The predicted molar refractivity (Wildman–Crippen MR) is 79.3 cm³/mol. The number of anilines is 1. The summed E-state index contributed by atoms with van der Waals surface area (Å²) in [4.78, 5) is 8.31. The summed E-state index contributed by atoms with van der Waals surface area (Å²) in [6, 6.07) is 0. The topological polar surface area (TPSA) is 85.1 Å². The molecule has 7 heteroatoms. The van der Waals surface area contributed by atoms with Crippen LogP contribution in [0.4, 0.5) is 5.82 Å². The molecule has 1 aliphatic rings. The monoisotopic (exact) mass is 291 g/mol. The molecule has 0 aromatic carbocycles. The van der Waals surface area contributed by atoms with Crippen molar-refractivity contribution < 1.29 is 9.26 Å². The van der Waals surface area contributed by atoms with E-state index in [1.165, 1.54) is 6.33 Å². The Morgan fingerprint density at radius 3 is 3.10 bits per heavy atom. The summed E-state index contributed by atoms with van der Waals surface area (Å²) in [5.74, 6) is 0.778. The van der Waals surface area contributed by atoms with Crippen molar-refractivity contribution in [2.24, 2.45) is 0 Å². The molecule has 0 unspecified atom stereocenters. The average molecular weight is 291 g/mol. The highest BCUT2D eigenvalue weighted by atomic mass is 16.5. The van der Waals surface area contributed by atoms with Gasteiger partial charge in [-0.05, 0) is 39.3 Å². The van der Waals surface area contributed by atoms with Gasteiger partial charge in [-0.2, -0.15) is 4.98 Å². The molecule has 0 saturated carbocycles. The van der Waals surface area contributed by atoms with Crippen LogP contribution in [0.25, 0.3) is 11.1 Å². The van der Waals surface area contributed by atoms with E-state index >= 15 is 0 Å². The molecular weight excluding hydrogens is 270 g/mol. The van der Waals surface area contributed by atoms with Crippen molar-refractivity contribution in [1.82, 2.24) is 20.4 Å². The number of hydrogen-bond donors (Lipinski definition) is 2. The van der Waals surface area contributed by atoms with E-state index in [2.05, 4.69) is 25.8 Å². The van der Waals surface area contributed by atoms with E-state index in [0.717, 1.165) is 62.4 Å². The van der Waals surface area contributed by atoms with Crippen LogP contribution in [0.3, 0.4) is 0 Å². The number of fused-ring (bicyclic) bond motifs is 1. The molecule has 2 N–H and O–H groups in total. The summed E-state index contributed by atoms with van der Waals surface area (Å²) < 4.78 is 11.0. The lowest BCUT2D eigenvalue weighted by Gasteiger charge is -2.22. The van der Waals surface area contributed by atoms with Gasteiger partial charge in [0.05, 0.1) is 11.8 Å². The van der Waals surface area contributed by atoms with E-state index < -0.39 is 0 Å². The minimum Gasteiger partial charge on any atom is -0.378 e. The second kappa shape index (κ2) is 6.82. The third kappa shape index (κ3) is 3.48. The van der Waals surface area contributed by atoms with Crippen molar-refractivity contribution >= 4 is 16.9 Å². The molecule has 3 rings (SSSR count). The van der Waals surface area contributed by atoms with Crippen LogP contribution in [0, 0.1) is 6.92 Å². The third-order valence-corrected chi connectivity index (χ3v) is 3.70. The van der Waals surface area contributed by atoms with Gasteiger partial charge in [0, 0.05) is 13.2 Å². The summed E-state index contributed by atoms with van der Waals surface area (Å²) in [5, 5.41) is 11.4. The van der Waals surface area contributed by atoms with E-state index in [4.69, 9.17) is 9.26 Å². The molecular formula is C14H21N5O2. The van der Waals surface area contributed by atoms with Gasteiger partial charge in [-0.1, -0.05) is 5.16 Å². The van der Waals surface area contributed by atoms with Crippen LogP contribution in [0.15, 0.2) is 10.9 Å². The summed E-state index contributed by atoms with van der Waals surface area (Å²) in [5.41, 5.74) is 1.33. The fraction of sp³-hybridized carbons (Fsp3) is 0.643. The number of aromatic nitrogens is 3. The van der Waals surface area contributed by atoms with Crippen LogP contribution in [0.2, 0.25) is 0 Å². The van der Waals surface area contributed by atoms with Crippen molar-refractivity contribution in [3.63, 3.8) is 0 Å². The fourth-order valence-corrected chi connectivity index (χ4v) is 2.55. The number of piperidine rings is 1. The molecule has 0 radical (unpaired) electrons. The highest BCUT2D eigenvalue weighted by molar-refractivity contribution is 5.87. The Morgan fingerprint density at radius 2 is 2.24 bits per heavy atom. The predicted octanol–water partition coefficient (Wildman–Crippen LogP) is 1.50. The number of hydrogen-bond acceptors (Lipinski definition) is 7. The summed E-state index contributed by atoms with van der Waals surface area (Å²) in [6.07, 6.45) is 5.07. The molecule has 3 heterocycles. The van der Waals surface area contributed by atoms with Crippen molar-refractivity contribution in [3.05, 3.63) is 12.0 Å². The zero-order valence-corrected chi connectivity index (χ0v) is 12.3. The quantitative estimate of drug-likeness (QED) is 0.780. The minimum atomic E-state index is 0.414. The summed E-state index contributed by atoms with van der Waals surface area (Å²) >= 11 is 0. The number of nitrogens with one attached hydrogen (secondary N) is 2. The number of rotatable bonds is 6. The molecule has 0 atom stereocenters. The molecule has 1 saturated heterocycles. The van der Waals surface area contributed by atoms with Gasteiger partial charge < -0.3 is 19.9 Å². The van der Waals surface area contributed by atoms with E-state index in [1.54, 1.807) is 0 Å². The summed E-state index contributed by atoms with van der Waals surface area (Å²) in [7, 11) is 0. The number of nitrogens with zero attached hydrogens (tertiary/aromatic N) is 3. The summed E-state index contributed by atoms with van der Waals surface area (Å²) in [6.45, 7) is 5.60. The Labute approximate surface area is 123 Å². The van der Waals surface area contributed by atoms with Crippen LogP contribution in [0.1, 0.15) is 25.0 Å². The van der Waals surface area contributed by atoms with Gasteiger partial charge in [-0.25, -0.2) is 4.98 Å². The Kier molecular flexibility index (Phi) is 4.62. The van der Waals surface area contributed by atoms with E-state index in [1.807, 2.05) is 6.92 Å². The normalized spacial score (nSPS) is 16.4. The molecule has 1 aliphatic heterocycles. The Balaban J connectivity index is 1.45. The highest BCUT2D eigenvalue weighted by Crippen LogP contribution is 2.22. The van der Waals surface area contributed by atoms with Crippen LogP contribution in [0.5, 0.6) is 0 Å². The van der Waals surface area contributed by atoms with Gasteiger partial charge in [0.25, 0.3) is 5.71 Å². The molecule has 1 fully saturated rings. The largest absolute Gasteiger partial charge is 0.378 e. The van der Waals surface area contributed by atoms with E-state index in [0.29, 0.717) is 11.8 Å². The molecule has 0 aliphatic carbocycles. The van der Waals surface area contributed by atoms with Crippen molar-refractivity contribution in [2.45, 2.75) is 32.3 Å². The first-order valence-electron chi connectivity index (χ1n) is 7.48. The zero-order valence-electron chi connectivity index (χ0n) is 12.3. The molecule has 2 aromatic heterocycles. The van der Waals surface area contributed by atoms with Gasteiger partial charge in [-0.3, -0.25) is 0 Å². The first kappa shape index (κ1) is 14.2. The maximum Gasteiger partial charge on any atom is 0.263 e. The molecule has 7 nitrogen and oxygen atoms in total. The average Bonchev–Trinajstić information content (AvgIpc) is 2.90. The lowest BCUT2D eigenvalue weighted by Crippen LogP contribution is -2.32. The fourth-order valence-electron chi connectivity index (χ4n) is 2.55. The van der Waals surface area contributed by atoms with Crippen LogP contribution in [-0.4, -0.2) is 47.5 Å². The Bertz CT molecular complexity index is 580. The van der Waals surface area contributed by atoms with Gasteiger partial charge >= 0.3 is 0 Å². The van der Waals surface area contributed by atoms with Gasteiger partial charge in [0.15, 0.2) is 0 Å². The lowest BCUT2D eigenvalue weighted by atomic mass is 10.1. The minimum absolute atomic E-state index is 0.414. The SMILES string of the molecule is Cc1noc2ncnc(NCCCOC3CCNCC3)c12. The molecule has 0 spiro atoms. The molecule has 114 valence electrons. The maximum absolute atomic E-state index is 5.87. The zero-order chi connectivity index (χ0) is 14.5. The highest BCUT2D eigenvalue weighted by Gasteiger charge is 2.13. The smallest absolute Gasteiger partial charge is 0.263 e.